The predicted octanol–water partition coefficient (Wildman–Crippen LogP) is 0.102. The summed E-state index contributed by atoms with van der Waals surface area (Å²) in [5.74, 6) is -4.59. The summed E-state index contributed by atoms with van der Waals surface area (Å²) in [6.07, 6.45) is -0.624. The maximum absolute atomic E-state index is 12.1. The van der Waals surface area contributed by atoms with Crippen LogP contribution in [-0.2, 0) is 37.7 Å². The van der Waals surface area contributed by atoms with Crippen LogP contribution < -0.4 is 0 Å². The highest BCUT2D eigenvalue weighted by molar-refractivity contribution is 7.54. The molecule has 0 saturated heterocycles. The minimum atomic E-state index is -4.55. The van der Waals surface area contributed by atoms with E-state index in [9.17, 15) is 23.8 Å². The summed E-state index contributed by atoms with van der Waals surface area (Å²) in [6, 6.07) is 0. The minimum absolute atomic E-state index is 0.173. The minimum Gasteiger partial charge on any atom is -0.469 e. The zero-order valence-electron chi connectivity index (χ0n) is 12.2. The van der Waals surface area contributed by atoms with Crippen molar-refractivity contribution in [1.29, 1.82) is 0 Å². The summed E-state index contributed by atoms with van der Waals surface area (Å²) < 4.78 is 30.1. The van der Waals surface area contributed by atoms with Gasteiger partial charge in [-0.2, -0.15) is 0 Å². The lowest BCUT2D eigenvalue weighted by Gasteiger charge is -2.25. The maximum atomic E-state index is 12.1. The average Bonchev–Trinajstić information content (AvgIpc) is 2.44. The van der Waals surface area contributed by atoms with Crippen molar-refractivity contribution in [3.05, 3.63) is 0 Å². The number of methoxy groups -OCH3 is 3. The SMILES string of the molecule is CCOP(=O)(O)C(C(=O)OC)C(CC(=O)OC)C(=O)OC. The van der Waals surface area contributed by atoms with Crippen LogP contribution in [0.4, 0.5) is 0 Å². The Hall–Kier alpha value is -1.44. The number of carbonyl (C=O) groups excluding carboxylic acids is 3. The molecule has 21 heavy (non-hydrogen) atoms. The van der Waals surface area contributed by atoms with Crippen LogP contribution in [0.2, 0.25) is 0 Å². The third-order valence-electron chi connectivity index (χ3n) is 2.61. The van der Waals surface area contributed by atoms with Gasteiger partial charge in [-0.1, -0.05) is 0 Å². The third-order valence-corrected chi connectivity index (χ3v) is 4.51. The van der Waals surface area contributed by atoms with Crippen molar-refractivity contribution in [3.8, 4) is 0 Å². The van der Waals surface area contributed by atoms with Gasteiger partial charge < -0.3 is 23.6 Å². The van der Waals surface area contributed by atoms with Gasteiger partial charge in [0.15, 0.2) is 5.66 Å². The molecule has 0 spiro atoms. The van der Waals surface area contributed by atoms with E-state index < -0.39 is 43.5 Å². The van der Waals surface area contributed by atoms with Gasteiger partial charge in [-0.3, -0.25) is 18.9 Å². The highest BCUT2D eigenvalue weighted by Crippen LogP contribution is 2.51. The van der Waals surface area contributed by atoms with Gasteiger partial charge in [0.05, 0.1) is 40.3 Å². The molecule has 0 saturated carbocycles. The van der Waals surface area contributed by atoms with Crippen LogP contribution in [-0.4, -0.2) is 56.4 Å². The Labute approximate surface area is 122 Å². The Balaban J connectivity index is 5.67. The summed E-state index contributed by atoms with van der Waals surface area (Å²) in [7, 11) is -1.48. The van der Waals surface area contributed by atoms with Crippen LogP contribution in [0.15, 0.2) is 0 Å². The maximum Gasteiger partial charge on any atom is 0.343 e. The van der Waals surface area contributed by atoms with E-state index in [1.807, 2.05) is 0 Å². The Morgan fingerprint density at radius 2 is 1.57 bits per heavy atom. The van der Waals surface area contributed by atoms with Gasteiger partial charge in [-0.25, -0.2) is 0 Å². The van der Waals surface area contributed by atoms with Crippen molar-refractivity contribution >= 4 is 25.5 Å². The summed E-state index contributed by atoms with van der Waals surface area (Å²) >= 11 is 0. The monoisotopic (exact) mass is 326 g/mol. The Kier molecular flexibility index (Phi) is 8.16. The summed E-state index contributed by atoms with van der Waals surface area (Å²) in [5, 5.41) is 0. The fraction of sp³-hybridized carbons (Fsp3) is 0.727. The zero-order chi connectivity index (χ0) is 16.6. The summed E-state index contributed by atoms with van der Waals surface area (Å²) in [6.45, 7) is 1.26. The molecule has 122 valence electrons. The van der Waals surface area contributed by atoms with E-state index in [1.165, 1.54) is 6.92 Å². The first kappa shape index (κ1) is 19.6. The molecule has 0 radical (unpaired) electrons. The van der Waals surface area contributed by atoms with Gasteiger partial charge in [-0.15, -0.1) is 0 Å². The van der Waals surface area contributed by atoms with E-state index >= 15 is 0 Å². The van der Waals surface area contributed by atoms with E-state index in [-0.39, 0.29) is 6.61 Å². The third kappa shape index (κ3) is 5.45. The Bertz CT molecular complexity index is 433. The second-order valence-corrected chi connectivity index (χ2v) is 5.80. The van der Waals surface area contributed by atoms with Crippen molar-refractivity contribution in [2.75, 3.05) is 27.9 Å². The largest absolute Gasteiger partial charge is 0.469 e. The Morgan fingerprint density at radius 3 is 1.95 bits per heavy atom. The number of rotatable bonds is 8. The molecule has 0 aliphatic rings. The molecule has 0 rings (SSSR count). The quantitative estimate of drug-likeness (QED) is 0.375. The second kappa shape index (κ2) is 8.76. The number of hydrogen-bond donors (Lipinski definition) is 1. The summed E-state index contributed by atoms with van der Waals surface area (Å²) in [4.78, 5) is 44.7. The first-order chi connectivity index (χ1) is 9.74. The number of esters is 3. The molecule has 1 N–H and O–H groups in total. The van der Waals surface area contributed by atoms with Gasteiger partial charge in [0.2, 0.25) is 0 Å². The van der Waals surface area contributed by atoms with Crippen LogP contribution in [0.3, 0.4) is 0 Å². The highest BCUT2D eigenvalue weighted by atomic mass is 31.2. The van der Waals surface area contributed by atoms with E-state index in [0.717, 1.165) is 21.3 Å². The molecule has 0 aromatic carbocycles. The van der Waals surface area contributed by atoms with Crippen LogP contribution >= 0.6 is 7.60 Å². The molecule has 0 bridgehead atoms. The van der Waals surface area contributed by atoms with E-state index in [0.29, 0.717) is 0 Å². The molecular formula is C11H19O9P. The van der Waals surface area contributed by atoms with Crippen molar-refractivity contribution in [3.63, 3.8) is 0 Å². The molecule has 9 nitrogen and oxygen atoms in total. The van der Waals surface area contributed by atoms with Crippen LogP contribution in [0.5, 0.6) is 0 Å². The van der Waals surface area contributed by atoms with E-state index in [4.69, 9.17) is 0 Å². The molecular weight excluding hydrogens is 307 g/mol. The lowest BCUT2D eigenvalue weighted by atomic mass is 10.0. The summed E-state index contributed by atoms with van der Waals surface area (Å²) in [5.41, 5.74) is -1.88. The molecule has 0 aliphatic heterocycles. The molecule has 0 aromatic heterocycles. The van der Waals surface area contributed by atoms with Gasteiger partial charge >= 0.3 is 25.5 Å². The molecule has 0 aliphatic carbocycles. The zero-order valence-corrected chi connectivity index (χ0v) is 13.1. The van der Waals surface area contributed by atoms with Crippen molar-refractivity contribution in [1.82, 2.24) is 0 Å². The van der Waals surface area contributed by atoms with Gasteiger partial charge in [-0.05, 0) is 6.92 Å². The van der Waals surface area contributed by atoms with Gasteiger partial charge in [0.25, 0.3) is 0 Å². The lowest BCUT2D eigenvalue weighted by Crippen LogP contribution is -2.38. The van der Waals surface area contributed by atoms with Crippen LogP contribution in [0, 0.1) is 5.92 Å². The first-order valence-electron chi connectivity index (χ1n) is 5.94. The molecule has 0 amide bonds. The first-order valence-corrected chi connectivity index (χ1v) is 7.59. The van der Waals surface area contributed by atoms with E-state index in [1.54, 1.807) is 0 Å². The standard InChI is InChI=1S/C11H19O9P/c1-5-20-21(15,16)9(11(14)19-4)7(10(13)18-3)6-8(12)17-2/h7,9H,5-6H2,1-4H3,(H,15,16). The molecule has 10 heteroatoms. The predicted molar refractivity (Wildman–Crippen MR) is 69.4 cm³/mol. The second-order valence-electron chi connectivity index (χ2n) is 3.86. The van der Waals surface area contributed by atoms with Crippen molar-refractivity contribution < 1.29 is 42.6 Å². The molecule has 3 unspecified atom stereocenters. The molecule has 0 aromatic rings. The smallest absolute Gasteiger partial charge is 0.343 e. The number of carbonyl (C=O) groups is 3. The van der Waals surface area contributed by atoms with Gasteiger partial charge in [0, 0.05) is 0 Å². The van der Waals surface area contributed by atoms with E-state index in [2.05, 4.69) is 18.7 Å². The molecule has 3 atom stereocenters. The fourth-order valence-electron chi connectivity index (χ4n) is 1.65. The van der Waals surface area contributed by atoms with Crippen LogP contribution in [0.25, 0.3) is 0 Å². The fourth-order valence-corrected chi connectivity index (χ4v) is 3.23. The van der Waals surface area contributed by atoms with Crippen molar-refractivity contribution in [2.24, 2.45) is 5.92 Å². The topological polar surface area (TPSA) is 125 Å². The van der Waals surface area contributed by atoms with Crippen molar-refractivity contribution in [2.45, 2.75) is 19.0 Å². The highest BCUT2D eigenvalue weighted by Gasteiger charge is 2.49. The lowest BCUT2D eigenvalue weighted by molar-refractivity contribution is -0.156. The number of hydrogen-bond acceptors (Lipinski definition) is 8. The number of ether oxygens (including phenoxy) is 3. The van der Waals surface area contributed by atoms with Gasteiger partial charge in [0.1, 0.15) is 0 Å². The normalized spacial score (nSPS) is 16.2. The molecule has 0 heterocycles. The molecule has 0 fully saturated rings. The Morgan fingerprint density at radius 1 is 1.05 bits per heavy atom. The van der Waals surface area contributed by atoms with Crippen LogP contribution in [0.1, 0.15) is 13.3 Å². The average molecular weight is 326 g/mol.